The molecule has 3 N–H and O–H groups in total. The molecule has 3 rings (SSSR count). The lowest BCUT2D eigenvalue weighted by molar-refractivity contribution is -0.384. The quantitative estimate of drug-likeness (QED) is 0.452. The number of nitro benzene ring substituents is 1. The van der Waals surface area contributed by atoms with E-state index in [9.17, 15) is 20.0 Å². The zero-order valence-corrected chi connectivity index (χ0v) is 14.4. The molecule has 1 heterocycles. The number of non-ortho nitro benzene ring substituents is 1. The van der Waals surface area contributed by atoms with Crippen molar-refractivity contribution < 1.29 is 14.8 Å². The van der Waals surface area contributed by atoms with Crippen LogP contribution in [-0.4, -0.2) is 25.9 Å². The molecule has 0 radical (unpaired) electrons. The summed E-state index contributed by atoms with van der Waals surface area (Å²) in [5.41, 5.74) is 0.299. The number of carbonyl (C=O) groups is 1. The summed E-state index contributed by atoms with van der Waals surface area (Å²) < 4.78 is 0. The van der Waals surface area contributed by atoms with Crippen molar-refractivity contribution >= 4 is 40.5 Å². The highest BCUT2D eigenvalue weighted by Gasteiger charge is 2.18. The van der Waals surface area contributed by atoms with Gasteiger partial charge in [-0.15, -0.1) is 0 Å². The maximum atomic E-state index is 12.4. The van der Waals surface area contributed by atoms with Crippen molar-refractivity contribution in [3.8, 4) is 17.1 Å². The number of halogens is 2. The third-order valence-corrected chi connectivity index (χ3v) is 4.12. The van der Waals surface area contributed by atoms with Crippen molar-refractivity contribution in [2.45, 2.75) is 0 Å². The number of nitro groups is 1. The Labute approximate surface area is 156 Å². The molecular formula is C16H10Cl2N4O4. The molecule has 0 aliphatic carbocycles. The van der Waals surface area contributed by atoms with Gasteiger partial charge in [-0.25, -0.2) is 4.98 Å². The Balaban J connectivity index is 1.89. The van der Waals surface area contributed by atoms with Gasteiger partial charge >= 0.3 is 0 Å². The van der Waals surface area contributed by atoms with Gasteiger partial charge in [-0.05, 0) is 18.2 Å². The Bertz CT molecular complexity index is 1010. The number of aromatic hydroxyl groups is 1. The molecule has 8 nitrogen and oxygen atoms in total. The summed E-state index contributed by atoms with van der Waals surface area (Å²) in [4.78, 5) is 29.4. The number of phenols is 1. The molecule has 132 valence electrons. The van der Waals surface area contributed by atoms with Gasteiger partial charge < -0.3 is 15.4 Å². The average Bonchev–Trinajstić information content (AvgIpc) is 3.12. The van der Waals surface area contributed by atoms with Gasteiger partial charge in [0.2, 0.25) is 0 Å². The predicted molar refractivity (Wildman–Crippen MR) is 96.8 cm³/mol. The number of hydrogen-bond acceptors (Lipinski definition) is 5. The van der Waals surface area contributed by atoms with E-state index in [4.69, 9.17) is 23.2 Å². The van der Waals surface area contributed by atoms with Gasteiger partial charge in [0.25, 0.3) is 11.6 Å². The van der Waals surface area contributed by atoms with Crippen molar-refractivity contribution in [1.82, 2.24) is 9.97 Å². The first-order valence-electron chi connectivity index (χ1n) is 7.14. The summed E-state index contributed by atoms with van der Waals surface area (Å²) in [6.07, 6.45) is 3.12. The molecule has 0 fully saturated rings. The van der Waals surface area contributed by atoms with Crippen LogP contribution in [0.25, 0.3) is 11.4 Å². The summed E-state index contributed by atoms with van der Waals surface area (Å²) in [6.45, 7) is 0. The third kappa shape index (κ3) is 3.46. The SMILES string of the molecule is O=C(Nc1ccc([N+](=O)[O-])cc1Cl)c1cc(Cl)c(-c2ncc[nH]2)cc1O. The zero-order chi connectivity index (χ0) is 18.8. The van der Waals surface area contributed by atoms with Crippen LogP contribution in [-0.2, 0) is 0 Å². The summed E-state index contributed by atoms with van der Waals surface area (Å²) >= 11 is 12.1. The number of rotatable bonds is 4. The summed E-state index contributed by atoms with van der Waals surface area (Å²) in [6, 6.07) is 6.23. The first kappa shape index (κ1) is 17.7. The number of nitrogens with zero attached hydrogens (tertiary/aromatic N) is 2. The van der Waals surface area contributed by atoms with E-state index in [0.29, 0.717) is 11.4 Å². The second-order valence-corrected chi connectivity index (χ2v) is 5.98. The molecule has 26 heavy (non-hydrogen) atoms. The van der Waals surface area contributed by atoms with Crippen LogP contribution in [0.4, 0.5) is 11.4 Å². The maximum absolute atomic E-state index is 12.4. The topological polar surface area (TPSA) is 121 Å². The number of amides is 1. The van der Waals surface area contributed by atoms with Gasteiger partial charge in [0.05, 0.1) is 26.2 Å². The van der Waals surface area contributed by atoms with E-state index in [1.54, 1.807) is 6.20 Å². The summed E-state index contributed by atoms with van der Waals surface area (Å²) in [5.74, 6) is -0.543. The molecule has 0 bridgehead atoms. The average molecular weight is 393 g/mol. The number of carbonyl (C=O) groups excluding carboxylic acids is 1. The number of benzene rings is 2. The number of aromatic amines is 1. The second kappa shape index (κ2) is 7.03. The molecule has 0 aliphatic rings. The lowest BCUT2D eigenvalue weighted by atomic mass is 10.1. The lowest BCUT2D eigenvalue weighted by Gasteiger charge is -2.10. The molecule has 0 aliphatic heterocycles. The van der Waals surface area contributed by atoms with Gasteiger partial charge in [-0.1, -0.05) is 23.2 Å². The number of hydrogen-bond donors (Lipinski definition) is 3. The monoisotopic (exact) mass is 392 g/mol. The van der Waals surface area contributed by atoms with E-state index in [1.165, 1.54) is 30.5 Å². The molecule has 0 saturated carbocycles. The van der Waals surface area contributed by atoms with Crippen LogP contribution in [0.1, 0.15) is 10.4 Å². The smallest absolute Gasteiger partial charge is 0.271 e. The van der Waals surface area contributed by atoms with E-state index in [-0.39, 0.29) is 32.7 Å². The first-order valence-corrected chi connectivity index (χ1v) is 7.90. The Kier molecular flexibility index (Phi) is 4.79. The molecule has 0 unspecified atom stereocenters. The van der Waals surface area contributed by atoms with Crippen LogP contribution in [0.15, 0.2) is 42.7 Å². The third-order valence-electron chi connectivity index (χ3n) is 3.50. The van der Waals surface area contributed by atoms with Gasteiger partial charge in [0.15, 0.2) is 0 Å². The minimum Gasteiger partial charge on any atom is -0.507 e. The Morgan fingerprint density at radius 2 is 2.00 bits per heavy atom. The second-order valence-electron chi connectivity index (χ2n) is 5.16. The molecule has 0 atom stereocenters. The number of H-pyrrole nitrogens is 1. The molecule has 3 aromatic rings. The Hall–Kier alpha value is -3.10. The number of anilines is 1. The van der Waals surface area contributed by atoms with E-state index in [1.807, 2.05) is 0 Å². The molecule has 2 aromatic carbocycles. The van der Waals surface area contributed by atoms with Crippen LogP contribution in [0, 0.1) is 10.1 Å². The van der Waals surface area contributed by atoms with Crippen molar-refractivity contribution in [3.05, 3.63) is 68.4 Å². The van der Waals surface area contributed by atoms with Gasteiger partial charge in [-0.3, -0.25) is 14.9 Å². The zero-order valence-electron chi connectivity index (χ0n) is 12.9. The number of aromatic nitrogens is 2. The van der Waals surface area contributed by atoms with E-state index in [0.717, 1.165) is 6.07 Å². The normalized spacial score (nSPS) is 10.5. The van der Waals surface area contributed by atoms with Gasteiger partial charge in [0.1, 0.15) is 11.6 Å². The van der Waals surface area contributed by atoms with E-state index in [2.05, 4.69) is 15.3 Å². The molecule has 0 spiro atoms. The minimum absolute atomic E-state index is 0.00894. The number of imidazole rings is 1. The first-order chi connectivity index (χ1) is 12.4. The van der Waals surface area contributed by atoms with E-state index < -0.39 is 10.8 Å². The summed E-state index contributed by atoms with van der Waals surface area (Å²) in [7, 11) is 0. The fourth-order valence-corrected chi connectivity index (χ4v) is 2.72. The number of nitrogens with one attached hydrogen (secondary N) is 2. The highest BCUT2D eigenvalue weighted by atomic mass is 35.5. The largest absolute Gasteiger partial charge is 0.507 e. The standard InChI is InChI=1S/C16H10Cl2N4O4/c17-11-6-10(14(23)7-9(11)15-19-3-4-20-15)16(24)21-13-2-1-8(22(25)26)5-12(13)18/h1-7,23H,(H,19,20)(H,21,24). The van der Waals surface area contributed by atoms with Gasteiger partial charge in [0, 0.05) is 30.1 Å². The molecule has 1 amide bonds. The van der Waals surface area contributed by atoms with Crippen molar-refractivity contribution in [2.24, 2.45) is 0 Å². The van der Waals surface area contributed by atoms with Crippen molar-refractivity contribution in [3.63, 3.8) is 0 Å². The van der Waals surface area contributed by atoms with Crippen molar-refractivity contribution in [2.75, 3.05) is 5.32 Å². The molecule has 0 saturated heterocycles. The number of phenolic OH excluding ortho intramolecular Hbond substituents is 1. The van der Waals surface area contributed by atoms with Crippen LogP contribution < -0.4 is 5.32 Å². The summed E-state index contributed by atoms with van der Waals surface area (Å²) in [5, 5.41) is 23.6. The fourth-order valence-electron chi connectivity index (χ4n) is 2.25. The van der Waals surface area contributed by atoms with Crippen LogP contribution in [0.3, 0.4) is 0 Å². The predicted octanol–water partition coefficient (Wildman–Crippen LogP) is 4.25. The molecular weight excluding hydrogens is 383 g/mol. The van der Waals surface area contributed by atoms with E-state index >= 15 is 0 Å². The van der Waals surface area contributed by atoms with Crippen molar-refractivity contribution in [1.29, 1.82) is 0 Å². The van der Waals surface area contributed by atoms with Crippen LogP contribution in [0.5, 0.6) is 5.75 Å². The highest BCUT2D eigenvalue weighted by Crippen LogP contribution is 2.33. The molecule has 1 aromatic heterocycles. The van der Waals surface area contributed by atoms with Gasteiger partial charge in [-0.2, -0.15) is 0 Å². The Morgan fingerprint density at radius 1 is 1.23 bits per heavy atom. The lowest BCUT2D eigenvalue weighted by Crippen LogP contribution is -2.12. The van der Waals surface area contributed by atoms with Crippen LogP contribution in [0.2, 0.25) is 10.0 Å². The fraction of sp³-hybridized carbons (Fsp3) is 0. The van der Waals surface area contributed by atoms with Crippen LogP contribution >= 0.6 is 23.2 Å². The highest BCUT2D eigenvalue weighted by molar-refractivity contribution is 6.35. The maximum Gasteiger partial charge on any atom is 0.271 e. The molecule has 10 heteroatoms. The minimum atomic E-state index is -0.675. The Morgan fingerprint density at radius 3 is 2.62 bits per heavy atom.